The van der Waals surface area contributed by atoms with Gasteiger partial charge in [0.2, 0.25) is 0 Å². The fourth-order valence-electron chi connectivity index (χ4n) is 1.82. The lowest BCUT2D eigenvalue weighted by molar-refractivity contribution is 0.0531. The van der Waals surface area contributed by atoms with E-state index in [1.807, 2.05) is 18.2 Å². The van der Waals surface area contributed by atoms with Crippen molar-refractivity contribution in [3.05, 3.63) is 45.3 Å². The number of esters is 1. The van der Waals surface area contributed by atoms with Gasteiger partial charge < -0.3 is 10.5 Å². The van der Waals surface area contributed by atoms with Crippen molar-refractivity contribution in [2.75, 3.05) is 12.3 Å². The lowest BCUT2D eigenvalue weighted by Gasteiger charge is -2.06. The van der Waals surface area contributed by atoms with Crippen LogP contribution in [0.4, 0.5) is 5.00 Å². The SMILES string of the molecule is CCOC(=O)c1sc(N)c(C#N)c1CSc1ccccc1Cl. The number of hydrogen-bond donors (Lipinski definition) is 1. The van der Waals surface area contributed by atoms with Gasteiger partial charge in [0, 0.05) is 16.2 Å². The van der Waals surface area contributed by atoms with E-state index in [0.717, 1.165) is 16.2 Å². The molecule has 0 aliphatic heterocycles. The molecule has 0 saturated carbocycles. The summed E-state index contributed by atoms with van der Waals surface area (Å²) in [5.41, 5.74) is 6.78. The maximum absolute atomic E-state index is 12.0. The van der Waals surface area contributed by atoms with Crippen molar-refractivity contribution in [1.29, 1.82) is 5.26 Å². The number of rotatable bonds is 5. The Bertz CT molecular complexity index is 738. The predicted octanol–water partition coefficient (Wildman–Crippen LogP) is 4.32. The van der Waals surface area contributed by atoms with Crippen LogP contribution in [-0.2, 0) is 10.5 Å². The van der Waals surface area contributed by atoms with Gasteiger partial charge in [-0.15, -0.1) is 23.1 Å². The third-order valence-corrected chi connectivity index (χ3v) is 5.40. The van der Waals surface area contributed by atoms with Crippen LogP contribution in [0.25, 0.3) is 0 Å². The normalized spacial score (nSPS) is 10.2. The van der Waals surface area contributed by atoms with Gasteiger partial charge in [-0.3, -0.25) is 0 Å². The lowest BCUT2D eigenvalue weighted by atomic mass is 10.2. The van der Waals surface area contributed by atoms with Crippen molar-refractivity contribution in [1.82, 2.24) is 0 Å². The molecular formula is C15H13ClN2O2S2. The molecule has 0 aliphatic rings. The van der Waals surface area contributed by atoms with E-state index in [9.17, 15) is 10.1 Å². The monoisotopic (exact) mass is 352 g/mol. The Labute approximate surface area is 141 Å². The Morgan fingerprint density at radius 2 is 2.23 bits per heavy atom. The zero-order chi connectivity index (χ0) is 16.1. The van der Waals surface area contributed by atoms with Crippen LogP contribution in [0.1, 0.15) is 27.7 Å². The van der Waals surface area contributed by atoms with E-state index in [4.69, 9.17) is 22.1 Å². The first-order valence-electron chi connectivity index (χ1n) is 6.44. The zero-order valence-electron chi connectivity index (χ0n) is 11.8. The van der Waals surface area contributed by atoms with E-state index >= 15 is 0 Å². The van der Waals surface area contributed by atoms with Gasteiger partial charge in [0.05, 0.1) is 17.2 Å². The Hall–Kier alpha value is -1.68. The molecule has 7 heteroatoms. The van der Waals surface area contributed by atoms with Gasteiger partial charge in [-0.25, -0.2) is 4.79 Å². The number of thiophene rings is 1. The molecule has 114 valence electrons. The van der Waals surface area contributed by atoms with E-state index in [-0.39, 0.29) is 6.61 Å². The average molecular weight is 353 g/mol. The van der Waals surface area contributed by atoms with Crippen molar-refractivity contribution < 1.29 is 9.53 Å². The van der Waals surface area contributed by atoms with Crippen LogP contribution in [0, 0.1) is 11.3 Å². The molecular weight excluding hydrogens is 340 g/mol. The summed E-state index contributed by atoms with van der Waals surface area (Å²) in [7, 11) is 0. The minimum absolute atomic E-state index is 0.273. The molecule has 2 N–H and O–H groups in total. The number of halogens is 1. The third kappa shape index (κ3) is 3.55. The number of nitrogens with two attached hydrogens (primary N) is 1. The molecule has 4 nitrogen and oxygen atoms in total. The van der Waals surface area contributed by atoms with Crippen LogP contribution in [0.2, 0.25) is 5.02 Å². The highest BCUT2D eigenvalue weighted by Crippen LogP contribution is 2.37. The number of hydrogen-bond acceptors (Lipinski definition) is 6. The highest BCUT2D eigenvalue weighted by Gasteiger charge is 2.22. The molecule has 1 aromatic heterocycles. The lowest BCUT2D eigenvalue weighted by Crippen LogP contribution is -2.05. The van der Waals surface area contributed by atoms with Crippen LogP contribution >= 0.6 is 34.7 Å². The van der Waals surface area contributed by atoms with Crippen molar-refractivity contribution in [3.63, 3.8) is 0 Å². The number of thioether (sulfide) groups is 1. The van der Waals surface area contributed by atoms with Gasteiger partial charge in [-0.1, -0.05) is 23.7 Å². The molecule has 2 aromatic rings. The Morgan fingerprint density at radius 3 is 2.86 bits per heavy atom. The van der Waals surface area contributed by atoms with Crippen molar-refractivity contribution >= 4 is 45.7 Å². The molecule has 0 bridgehead atoms. The number of benzene rings is 1. The molecule has 0 unspecified atom stereocenters. The smallest absolute Gasteiger partial charge is 0.348 e. The third-order valence-electron chi connectivity index (χ3n) is 2.82. The second-order valence-electron chi connectivity index (χ2n) is 4.20. The number of nitrogens with zero attached hydrogens (tertiary/aromatic N) is 1. The number of carbonyl (C=O) groups is 1. The summed E-state index contributed by atoms with van der Waals surface area (Å²) in [5, 5.41) is 10.2. The molecule has 22 heavy (non-hydrogen) atoms. The number of nitrogen functional groups attached to an aromatic ring is 1. The second kappa shape index (κ2) is 7.54. The van der Waals surface area contributed by atoms with E-state index in [1.165, 1.54) is 11.8 Å². The predicted molar refractivity (Wildman–Crippen MR) is 90.4 cm³/mol. The van der Waals surface area contributed by atoms with E-state index < -0.39 is 5.97 Å². The number of ether oxygens (including phenoxy) is 1. The van der Waals surface area contributed by atoms with Crippen LogP contribution in [-0.4, -0.2) is 12.6 Å². The summed E-state index contributed by atoms with van der Waals surface area (Å²) in [5.74, 6) is -0.0236. The van der Waals surface area contributed by atoms with Gasteiger partial charge in [-0.2, -0.15) is 5.26 Å². The molecule has 1 aromatic carbocycles. The first-order valence-corrected chi connectivity index (χ1v) is 8.62. The molecule has 0 atom stereocenters. The zero-order valence-corrected chi connectivity index (χ0v) is 14.1. The van der Waals surface area contributed by atoms with E-state index in [0.29, 0.717) is 31.8 Å². The number of nitriles is 1. The molecule has 1 heterocycles. The summed E-state index contributed by atoms with van der Waals surface area (Å²) in [4.78, 5) is 13.3. The fraction of sp³-hybridized carbons (Fsp3) is 0.200. The molecule has 0 saturated heterocycles. The Kier molecular flexibility index (Phi) is 5.72. The number of anilines is 1. The summed E-state index contributed by atoms with van der Waals surface area (Å²) in [6.07, 6.45) is 0. The minimum atomic E-state index is -0.449. The molecule has 0 spiro atoms. The van der Waals surface area contributed by atoms with Crippen LogP contribution in [0.15, 0.2) is 29.2 Å². The van der Waals surface area contributed by atoms with Crippen molar-refractivity contribution in [3.8, 4) is 6.07 Å². The largest absolute Gasteiger partial charge is 0.462 e. The summed E-state index contributed by atoms with van der Waals surface area (Å²) in [6, 6.07) is 9.48. The van der Waals surface area contributed by atoms with Gasteiger partial charge in [0.25, 0.3) is 0 Å². The van der Waals surface area contributed by atoms with Crippen LogP contribution in [0.5, 0.6) is 0 Å². The Morgan fingerprint density at radius 1 is 1.50 bits per heavy atom. The molecule has 2 rings (SSSR count). The van der Waals surface area contributed by atoms with E-state index in [1.54, 1.807) is 13.0 Å². The van der Waals surface area contributed by atoms with Crippen LogP contribution in [0.3, 0.4) is 0 Å². The first-order chi connectivity index (χ1) is 10.6. The van der Waals surface area contributed by atoms with Crippen molar-refractivity contribution in [2.45, 2.75) is 17.6 Å². The van der Waals surface area contributed by atoms with Gasteiger partial charge in [0.15, 0.2) is 0 Å². The first kappa shape index (κ1) is 16.7. The van der Waals surface area contributed by atoms with Crippen molar-refractivity contribution in [2.24, 2.45) is 0 Å². The van der Waals surface area contributed by atoms with Gasteiger partial charge in [-0.05, 0) is 19.1 Å². The highest BCUT2D eigenvalue weighted by molar-refractivity contribution is 7.98. The van der Waals surface area contributed by atoms with Crippen LogP contribution < -0.4 is 5.73 Å². The summed E-state index contributed by atoms with van der Waals surface area (Å²) in [6.45, 7) is 2.01. The average Bonchev–Trinajstić information content (AvgIpc) is 2.82. The molecule has 0 radical (unpaired) electrons. The van der Waals surface area contributed by atoms with E-state index in [2.05, 4.69) is 6.07 Å². The fourth-order valence-corrected chi connectivity index (χ4v) is 4.11. The summed E-state index contributed by atoms with van der Waals surface area (Å²) < 4.78 is 5.03. The van der Waals surface area contributed by atoms with Gasteiger partial charge >= 0.3 is 5.97 Å². The summed E-state index contributed by atoms with van der Waals surface area (Å²) >= 11 is 8.66. The number of carbonyl (C=O) groups excluding carboxylic acids is 1. The molecule has 0 fully saturated rings. The quantitative estimate of drug-likeness (QED) is 0.640. The van der Waals surface area contributed by atoms with Gasteiger partial charge in [0.1, 0.15) is 15.9 Å². The Balaban J connectivity index is 2.31. The molecule has 0 amide bonds. The topological polar surface area (TPSA) is 76.1 Å². The minimum Gasteiger partial charge on any atom is -0.462 e. The second-order valence-corrected chi connectivity index (χ2v) is 6.68. The maximum Gasteiger partial charge on any atom is 0.348 e. The maximum atomic E-state index is 12.0. The molecule has 0 aliphatic carbocycles. The standard InChI is InChI=1S/C15H13ClN2O2S2/c1-2-20-15(19)13-10(9(7-17)14(18)22-13)8-21-12-6-4-3-5-11(12)16/h3-6H,2,8,18H2,1H3. The highest BCUT2D eigenvalue weighted by atomic mass is 35.5.